The van der Waals surface area contributed by atoms with E-state index in [1.165, 1.54) is 0 Å². The largest absolute Gasteiger partial charge is 0.496 e. The van der Waals surface area contributed by atoms with Crippen molar-refractivity contribution in [1.29, 1.82) is 0 Å². The van der Waals surface area contributed by atoms with Crippen molar-refractivity contribution in [3.05, 3.63) is 59.7 Å². The molecule has 122 valence electrons. The smallest absolute Gasteiger partial charge is 0.244 e. The molecule has 0 spiro atoms. The maximum Gasteiger partial charge on any atom is 0.244 e. The molecule has 2 aromatic rings. The van der Waals surface area contributed by atoms with Gasteiger partial charge < -0.3 is 4.74 Å². The molecule has 1 aliphatic heterocycles. The Bertz CT molecular complexity index is 791. The number of aryl methyl sites for hydroxylation is 1. The molecule has 0 amide bonds. The van der Waals surface area contributed by atoms with Crippen molar-refractivity contribution in [2.24, 2.45) is 0 Å². The molecule has 0 radical (unpaired) electrons. The minimum Gasteiger partial charge on any atom is -0.496 e. The number of hydrogen-bond acceptors (Lipinski definition) is 4. The van der Waals surface area contributed by atoms with Gasteiger partial charge in [-0.15, -0.1) is 11.8 Å². The van der Waals surface area contributed by atoms with Gasteiger partial charge in [0, 0.05) is 12.3 Å². The lowest BCUT2D eigenvalue weighted by Gasteiger charge is -2.24. The predicted octanol–water partition coefficient (Wildman–Crippen LogP) is 3.44. The van der Waals surface area contributed by atoms with Crippen LogP contribution >= 0.6 is 11.8 Å². The van der Waals surface area contributed by atoms with Crippen molar-refractivity contribution in [2.45, 2.75) is 17.2 Å². The van der Waals surface area contributed by atoms with Gasteiger partial charge in [0.1, 0.15) is 5.75 Å². The van der Waals surface area contributed by atoms with E-state index in [1.807, 2.05) is 37.3 Å². The second-order valence-electron chi connectivity index (χ2n) is 5.38. The van der Waals surface area contributed by atoms with Gasteiger partial charge in [-0.2, -0.15) is 4.31 Å². The Labute approximate surface area is 141 Å². The summed E-state index contributed by atoms with van der Waals surface area (Å²) in [7, 11) is -1.94. The lowest BCUT2D eigenvalue weighted by Crippen LogP contribution is -2.30. The average molecular weight is 349 g/mol. The van der Waals surface area contributed by atoms with Gasteiger partial charge in [0.05, 0.1) is 17.4 Å². The van der Waals surface area contributed by atoms with E-state index < -0.39 is 10.0 Å². The molecular weight excluding hydrogens is 330 g/mol. The molecule has 3 rings (SSSR count). The number of rotatable bonds is 4. The van der Waals surface area contributed by atoms with Crippen LogP contribution in [-0.4, -0.2) is 32.1 Å². The molecule has 1 heterocycles. The number of sulfonamides is 1. The van der Waals surface area contributed by atoms with Crippen LogP contribution < -0.4 is 4.74 Å². The van der Waals surface area contributed by atoms with Crippen molar-refractivity contribution in [1.82, 2.24) is 4.31 Å². The Hall–Kier alpha value is -1.50. The van der Waals surface area contributed by atoms with E-state index in [0.717, 1.165) is 16.9 Å². The lowest BCUT2D eigenvalue weighted by molar-refractivity contribution is 0.410. The van der Waals surface area contributed by atoms with Gasteiger partial charge in [0.2, 0.25) is 10.0 Å². The summed E-state index contributed by atoms with van der Waals surface area (Å²) in [5.74, 6) is 1.49. The van der Waals surface area contributed by atoms with Crippen LogP contribution in [0, 0.1) is 6.92 Å². The molecule has 1 fully saturated rings. The average Bonchev–Trinajstić information content (AvgIpc) is 3.06. The molecule has 0 bridgehead atoms. The van der Waals surface area contributed by atoms with Gasteiger partial charge in [-0.1, -0.05) is 30.3 Å². The van der Waals surface area contributed by atoms with E-state index in [-0.39, 0.29) is 5.37 Å². The Morgan fingerprint density at radius 2 is 1.91 bits per heavy atom. The van der Waals surface area contributed by atoms with Gasteiger partial charge in [-0.25, -0.2) is 8.42 Å². The van der Waals surface area contributed by atoms with Crippen LogP contribution in [0.1, 0.15) is 16.5 Å². The van der Waals surface area contributed by atoms with Gasteiger partial charge in [-0.3, -0.25) is 0 Å². The van der Waals surface area contributed by atoms with Crippen LogP contribution in [0.2, 0.25) is 0 Å². The third-order valence-electron chi connectivity index (χ3n) is 3.91. The van der Waals surface area contributed by atoms with Gasteiger partial charge in [0.25, 0.3) is 0 Å². The molecule has 1 atom stereocenters. The summed E-state index contributed by atoms with van der Waals surface area (Å²) in [6, 6.07) is 14.8. The van der Waals surface area contributed by atoms with E-state index in [0.29, 0.717) is 17.2 Å². The van der Waals surface area contributed by atoms with Crippen LogP contribution in [-0.2, 0) is 10.0 Å². The number of thioether (sulfide) groups is 1. The highest BCUT2D eigenvalue weighted by Gasteiger charge is 2.36. The van der Waals surface area contributed by atoms with E-state index >= 15 is 0 Å². The van der Waals surface area contributed by atoms with Crippen molar-refractivity contribution >= 4 is 21.8 Å². The minimum atomic E-state index is -3.53. The zero-order valence-electron chi connectivity index (χ0n) is 13.1. The van der Waals surface area contributed by atoms with Crippen LogP contribution in [0.15, 0.2) is 53.4 Å². The summed E-state index contributed by atoms with van der Waals surface area (Å²) >= 11 is 1.66. The first-order valence-corrected chi connectivity index (χ1v) is 9.86. The second kappa shape index (κ2) is 6.55. The summed E-state index contributed by atoms with van der Waals surface area (Å²) in [5.41, 5.74) is 1.83. The molecule has 23 heavy (non-hydrogen) atoms. The molecule has 6 heteroatoms. The molecule has 4 nitrogen and oxygen atoms in total. The number of nitrogens with zero attached hydrogens (tertiary/aromatic N) is 1. The second-order valence-corrected chi connectivity index (χ2v) is 8.46. The third kappa shape index (κ3) is 3.11. The zero-order chi connectivity index (χ0) is 16.4. The van der Waals surface area contributed by atoms with E-state index in [9.17, 15) is 8.42 Å². The molecular formula is C17H19NO3S2. The Morgan fingerprint density at radius 1 is 1.17 bits per heavy atom. The highest BCUT2D eigenvalue weighted by molar-refractivity contribution is 8.01. The van der Waals surface area contributed by atoms with Crippen molar-refractivity contribution in [2.75, 3.05) is 19.4 Å². The molecule has 1 saturated heterocycles. The quantitative estimate of drug-likeness (QED) is 0.848. The Balaban J connectivity index is 1.97. The standard InChI is InChI=1S/C17H19NO3S2/c1-13-12-15(8-9-16(13)21-2)23(19,20)18-10-11-22-17(18)14-6-4-3-5-7-14/h3-9,12,17H,10-11H2,1-2H3/t17-/m1/s1. The Morgan fingerprint density at radius 3 is 2.57 bits per heavy atom. The topological polar surface area (TPSA) is 46.6 Å². The maximum absolute atomic E-state index is 13.0. The monoisotopic (exact) mass is 349 g/mol. The highest BCUT2D eigenvalue weighted by atomic mass is 32.2. The fraction of sp³-hybridized carbons (Fsp3) is 0.294. The van der Waals surface area contributed by atoms with Crippen molar-refractivity contribution < 1.29 is 13.2 Å². The zero-order valence-corrected chi connectivity index (χ0v) is 14.7. The van der Waals surface area contributed by atoms with Crippen LogP contribution in [0.25, 0.3) is 0 Å². The normalized spacial score (nSPS) is 19.0. The molecule has 1 aliphatic rings. The van der Waals surface area contributed by atoms with Crippen molar-refractivity contribution in [3.63, 3.8) is 0 Å². The fourth-order valence-corrected chi connectivity index (χ4v) is 6.05. The minimum absolute atomic E-state index is 0.163. The molecule has 2 aromatic carbocycles. The SMILES string of the molecule is COc1ccc(S(=O)(=O)N2CCS[C@@H]2c2ccccc2)cc1C. The first-order valence-electron chi connectivity index (χ1n) is 7.37. The lowest BCUT2D eigenvalue weighted by atomic mass is 10.2. The number of hydrogen-bond donors (Lipinski definition) is 0. The van der Waals surface area contributed by atoms with Crippen LogP contribution in [0.4, 0.5) is 0 Å². The molecule has 0 aliphatic carbocycles. The summed E-state index contributed by atoms with van der Waals surface area (Å²) < 4.78 is 32.9. The third-order valence-corrected chi connectivity index (χ3v) is 7.16. The van der Waals surface area contributed by atoms with E-state index in [4.69, 9.17) is 4.74 Å². The maximum atomic E-state index is 13.0. The first-order chi connectivity index (χ1) is 11.0. The first kappa shape index (κ1) is 16.4. The highest BCUT2D eigenvalue weighted by Crippen LogP contribution is 2.41. The summed E-state index contributed by atoms with van der Waals surface area (Å²) in [6.07, 6.45) is 0. The van der Waals surface area contributed by atoms with Crippen LogP contribution in [0.3, 0.4) is 0 Å². The van der Waals surface area contributed by atoms with Crippen molar-refractivity contribution in [3.8, 4) is 5.75 Å². The van der Waals surface area contributed by atoms with Crippen LogP contribution in [0.5, 0.6) is 5.75 Å². The van der Waals surface area contributed by atoms with Gasteiger partial charge in [-0.05, 0) is 36.2 Å². The summed E-state index contributed by atoms with van der Waals surface area (Å²) in [5, 5.41) is -0.163. The van der Waals surface area contributed by atoms with E-state index in [1.54, 1.807) is 41.4 Å². The molecule has 0 unspecified atom stereocenters. The fourth-order valence-electron chi connectivity index (χ4n) is 2.73. The number of ether oxygens (including phenoxy) is 1. The molecule has 0 aromatic heterocycles. The summed E-state index contributed by atoms with van der Waals surface area (Å²) in [6.45, 7) is 2.38. The predicted molar refractivity (Wildman–Crippen MR) is 93.3 cm³/mol. The summed E-state index contributed by atoms with van der Waals surface area (Å²) in [4.78, 5) is 0.319. The Kier molecular flexibility index (Phi) is 4.66. The van der Waals surface area contributed by atoms with Gasteiger partial charge in [0.15, 0.2) is 0 Å². The number of methoxy groups -OCH3 is 1. The van der Waals surface area contributed by atoms with E-state index in [2.05, 4.69) is 0 Å². The molecule has 0 N–H and O–H groups in total. The van der Waals surface area contributed by atoms with Gasteiger partial charge >= 0.3 is 0 Å². The molecule has 0 saturated carbocycles. The number of benzene rings is 2.